The van der Waals surface area contributed by atoms with Crippen molar-refractivity contribution < 1.29 is 22.7 Å². The molecule has 0 saturated carbocycles. The second kappa shape index (κ2) is 7.31. The molecule has 1 saturated heterocycles. The van der Waals surface area contributed by atoms with Gasteiger partial charge in [-0.05, 0) is 38.8 Å². The fourth-order valence-corrected chi connectivity index (χ4v) is 4.75. The molecular weight excluding hydrogens is 368 g/mol. The third kappa shape index (κ3) is 4.55. The van der Waals surface area contributed by atoms with Gasteiger partial charge in [0.2, 0.25) is 15.9 Å². The number of benzene rings is 1. The molecule has 7 nitrogen and oxygen atoms in total. The Bertz CT molecular complexity index is 821. The Hall–Kier alpha value is -1.80. The van der Waals surface area contributed by atoms with E-state index in [1.807, 2.05) is 32.0 Å². The number of sulfonamides is 1. The van der Waals surface area contributed by atoms with Crippen molar-refractivity contribution in [2.45, 2.75) is 44.8 Å². The molecule has 1 aromatic carbocycles. The minimum absolute atomic E-state index is 0.104. The average molecular weight is 397 g/mol. The van der Waals surface area contributed by atoms with Crippen molar-refractivity contribution >= 4 is 15.9 Å². The molecule has 2 heterocycles. The lowest BCUT2D eigenvalue weighted by Crippen LogP contribution is -2.47. The van der Waals surface area contributed by atoms with E-state index < -0.39 is 15.6 Å². The van der Waals surface area contributed by atoms with Crippen LogP contribution in [-0.4, -0.2) is 50.7 Å². The van der Waals surface area contributed by atoms with E-state index in [-0.39, 0.29) is 24.4 Å². The highest BCUT2D eigenvalue weighted by molar-refractivity contribution is 7.88. The highest BCUT2D eigenvalue weighted by Gasteiger charge is 2.37. The van der Waals surface area contributed by atoms with Crippen LogP contribution in [-0.2, 0) is 14.8 Å². The Morgan fingerprint density at radius 1 is 1.37 bits per heavy atom. The minimum atomic E-state index is -3.28. The molecule has 3 rings (SSSR count). The van der Waals surface area contributed by atoms with E-state index >= 15 is 0 Å². The Morgan fingerprint density at radius 2 is 2.11 bits per heavy atom. The van der Waals surface area contributed by atoms with Gasteiger partial charge in [-0.2, -0.15) is 0 Å². The van der Waals surface area contributed by atoms with Crippen molar-refractivity contribution in [1.82, 2.24) is 9.62 Å². The van der Waals surface area contributed by atoms with Crippen LogP contribution in [0, 0.1) is 5.92 Å². The van der Waals surface area contributed by atoms with Gasteiger partial charge in [0.1, 0.15) is 17.1 Å². The highest BCUT2D eigenvalue weighted by Crippen LogP contribution is 2.41. The first kappa shape index (κ1) is 19.9. The van der Waals surface area contributed by atoms with Gasteiger partial charge in [-0.1, -0.05) is 0 Å². The summed E-state index contributed by atoms with van der Waals surface area (Å²) in [7, 11) is -1.68. The number of amides is 1. The second-order valence-corrected chi connectivity index (χ2v) is 9.97. The first-order valence-corrected chi connectivity index (χ1v) is 11.1. The first-order chi connectivity index (χ1) is 12.6. The number of nitrogens with zero attached hydrogens (tertiary/aromatic N) is 1. The Morgan fingerprint density at radius 3 is 2.78 bits per heavy atom. The summed E-state index contributed by atoms with van der Waals surface area (Å²) >= 11 is 0. The summed E-state index contributed by atoms with van der Waals surface area (Å²) in [4.78, 5) is 12.9. The molecule has 0 spiro atoms. The summed E-state index contributed by atoms with van der Waals surface area (Å²) in [5.74, 6) is 0.971. The summed E-state index contributed by atoms with van der Waals surface area (Å²) in [5, 5.41) is 3.13. The van der Waals surface area contributed by atoms with Gasteiger partial charge >= 0.3 is 0 Å². The predicted octanol–water partition coefficient (Wildman–Crippen LogP) is 2.09. The van der Waals surface area contributed by atoms with Crippen molar-refractivity contribution in [3.8, 4) is 11.5 Å². The summed E-state index contributed by atoms with van der Waals surface area (Å²) in [6.07, 6.45) is 3.22. The van der Waals surface area contributed by atoms with Crippen molar-refractivity contribution in [3.05, 3.63) is 23.8 Å². The second-order valence-electron chi connectivity index (χ2n) is 7.99. The Balaban J connectivity index is 1.78. The molecule has 8 heteroatoms. The molecule has 0 unspecified atom stereocenters. The van der Waals surface area contributed by atoms with E-state index in [9.17, 15) is 13.2 Å². The largest absolute Gasteiger partial charge is 0.497 e. The van der Waals surface area contributed by atoms with Crippen LogP contribution in [0.15, 0.2) is 18.2 Å². The molecule has 0 aliphatic carbocycles. The van der Waals surface area contributed by atoms with Crippen LogP contribution in [0.1, 0.15) is 44.7 Å². The summed E-state index contributed by atoms with van der Waals surface area (Å²) < 4.78 is 36.4. The van der Waals surface area contributed by atoms with Crippen molar-refractivity contribution in [3.63, 3.8) is 0 Å². The van der Waals surface area contributed by atoms with Gasteiger partial charge in [-0.25, -0.2) is 12.7 Å². The normalized spacial score (nSPS) is 25.2. The predicted molar refractivity (Wildman–Crippen MR) is 102 cm³/mol. The maximum atomic E-state index is 12.9. The van der Waals surface area contributed by atoms with Gasteiger partial charge in [0.05, 0.1) is 25.3 Å². The van der Waals surface area contributed by atoms with Crippen LogP contribution in [0.5, 0.6) is 11.5 Å². The quantitative estimate of drug-likeness (QED) is 0.842. The SMILES string of the molecule is COc1ccc2c(c1)OC(C)(C)C[C@H]2NC(=O)[C@H]1CCCN(S(C)(=O)=O)C1. The third-order valence-electron chi connectivity index (χ3n) is 5.22. The molecule has 1 aromatic rings. The van der Waals surface area contributed by atoms with Crippen molar-refractivity contribution in [2.75, 3.05) is 26.5 Å². The number of carbonyl (C=O) groups excluding carboxylic acids is 1. The van der Waals surface area contributed by atoms with Crippen LogP contribution in [0.2, 0.25) is 0 Å². The zero-order valence-electron chi connectivity index (χ0n) is 16.3. The van der Waals surface area contributed by atoms with E-state index in [4.69, 9.17) is 9.47 Å². The third-order valence-corrected chi connectivity index (χ3v) is 6.49. The molecule has 2 aliphatic heterocycles. The van der Waals surface area contributed by atoms with Crippen LogP contribution >= 0.6 is 0 Å². The molecule has 0 bridgehead atoms. The molecule has 0 aromatic heterocycles. The lowest BCUT2D eigenvalue weighted by Gasteiger charge is -2.39. The molecule has 150 valence electrons. The average Bonchev–Trinajstić information content (AvgIpc) is 2.59. The van der Waals surface area contributed by atoms with Gasteiger partial charge < -0.3 is 14.8 Å². The summed E-state index contributed by atoms with van der Waals surface area (Å²) in [6, 6.07) is 5.42. The molecule has 1 N–H and O–H groups in total. The number of nitrogens with one attached hydrogen (secondary N) is 1. The summed E-state index contributed by atoms with van der Waals surface area (Å²) in [6.45, 7) is 4.70. The first-order valence-electron chi connectivity index (χ1n) is 9.21. The van der Waals surface area contributed by atoms with Crippen LogP contribution in [0.25, 0.3) is 0 Å². The van der Waals surface area contributed by atoms with E-state index in [0.717, 1.165) is 5.56 Å². The molecule has 1 fully saturated rings. The molecule has 27 heavy (non-hydrogen) atoms. The van der Waals surface area contributed by atoms with E-state index in [0.29, 0.717) is 37.3 Å². The van der Waals surface area contributed by atoms with Crippen LogP contribution < -0.4 is 14.8 Å². The molecule has 2 aliphatic rings. The topological polar surface area (TPSA) is 84.9 Å². The number of fused-ring (bicyclic) bond motifs is 1. The lowest BCUT2D eigenvalue weighted by molar-refractivity contribution is -0.127. The van der Waals surface area contributed by atoms with Crippen molar-refractivity contribution in [1.29, 1.82) is 0 Å². The van der Waals surface area contributed by atoms with E-state index in [1.165, 1.54) is 10.6 Å². The number of hydrogen-bond acceptors (Lipinski definition) is 5. The fourth-order valence-electron chi connectivity index (χ4n) is 3.83. The van der Waals surface area contributed by atoms with Gasteiger partial charge in [0.25, 0.3) is 0 Å². The molecule has 1 amide bonds. The Kier molecular flexibility index (Phi) is 5.40. The number of methoxy groups -OCH3 is 1. The number of carbonyl (C=O) groups is 1. The smallest absolute Gasteiger partial charge is 0.224 e. The lowest BCUT2D eigenvalue weighted by atomic mass is 9.88. The Labute approximate surface area is 161 Å². The van der Waals surface area contributed by atoms with E-state index in [1.54, 1.807) is 7.11 Å². The molecule has 2 atom stereocenters. The van der Waals surface area contributed by atoms with Crippen molar-refractivity contribution in [2.24, 2.45) is 5.92 Å². The maximum Gasteiger partial charge on any atom is 0.224 e. The minimum Gasteiger partial charge on any atom is -0.497 e. The molecular formula is C19H28N2O5S. The van der Waals surface area contributed by atoms with Crippen LogP contribution in [0.3, 0.4) is 0 Å². The van der Waals surface area contributed by atoms with Gasteiger partial charge in [0.15, 0.2) is 0 Å². The highest BCUT2D eigenvalue weighted by atomic mass is 32.2. The number of hydrogen-bond donors (Lipinski definition) is 1. The zero-order valence-corrected chi connectivity index (χ0v) is 17.1. The van der Waals surface area contributed by atoms with E-state index in [2.05, 4.69) is 5.32 Å². The van der Waals surface area contributed by atoms with Gasteiger partial charge in [-0.15, -0.1) is 0 Å². The standard InChI is InChI=1S/C19H28N2O5S/c1-19(2)11-16(15-8-7-14(25-3)10-17(15)26-19)20-18(22)13-6-5-9-21(12-13)27(4,23)24/h7-8,10,13,16H,5-6,9,11-12H2,1-4H3,(H,20,22)/t13-,16+/m0/s1. The number of piperidine rings is 1. The van der Waals surface area contributed by atoms with Gasteiger partial charge in [-0.3, -0.25) is 4.79 Å². The monoisotopic (exact) mass is 396 g/mol. The van der Waals surface area contributed by atoms with Crippen LogP contribution in [0.4, 0.5) is 0 Å². The maximum absolute atomic E-state index is 12.9. The fraction of sp³-hybridized carbons (Fsp3) is 0.632. The summed E-state index contributed by atoms with van der Waals surface area (Å²) in [5.41, 5.74) is 0.488. The zero-order chi connectivity index (χ0) is 19.8. The number of ether oxygens (including phenoxy) is 2. The molecule has 0 radical (unpaired) electrons. The van der Waals surface area contributed by atoms with Gasteiger partial charge in [0, 0.05) is 31.1 Å². The number of rotatable bonds is 4.